The summed E-state index contributed by atoms with van der Waals surface area (Å²) in [5.41, 5.74) is 0. The molecule has 1 saturated heterocycles. The molecule has 2 bridgehead atoms. The number of esters is 2. The van der Waals surface area contributed by atoms with Crippen molar-refractivity contribution in [1.29, 1.82) is 0 Å². The molecular formula is C14H20O5. The zero-order chi connectivity index (χ0) is 13.6. The highest BCUT2D eigenvalue weighted by molar-refractivity contribution is 5.86. The molecule has 1 N–H and O–H groups in total. The molecule has 0 spiro atoms. The lowest BCUT2D eigenvalue weighted by Gasteiger charge is -2.30. The molecule has 6 unspecified atom stereocenters. The first-order valence-electron chi connectivity index (χ1n) is 7.17. The second-order valence-electron chi connectivity index (χ2n) is 5.86. The number of carbonyl (C=O) groups is 2. The molecule has 6 atom stereocenters. The van der Waals surface area contributed by atoms with Gasteiger partial charge in [0, 0.05) is 18.4 Å². The van der Waals surface area contributed by atoms with E-state index in [2.05, 4.69) is 0 Å². The van der Waals surface area contributed by atoms with Crippen molar-refractivity contribution in [1.82, 2.24) is 0 Å². The average molecular weight is 268 g/mol. The largest absolute Gasteiger partial charge is 0.465 e. The van der Waals surface area contributed by atoms with Gasteiger partial charge in [-0.05, 0) is 25.2 Å². The van der Waals surface area contributed by atoms with Gasteiger partial charge in [0.2, 0.25) is 0 Å². The fraction of sp³-hybridized carbons (Fsp3) is 0.857. The van der Waals surface area contributed by atoms with Crippen LogP contribution in [-0.4, -0.2) is 36.4 Å². The maximum absolute atomic E-state index is 12.2. The summed E-state index contributed by atoms with van der Waals surface area (Å²) in [7, 11) is 0. The summed E-state index contributed by atoms with van der Waals surface area (Å²) in [6, 6.07) is 0. The summed E-state index contributed by atoms with van der Waals surface area (Å²) in [6.07, 6.45) is 2.16. The standard InChI is InChI=1S/C14H20O5/c1-2-5-18-13(16)10-8-6-9-11(10)14(17)19-12(9)7(8)3-4-15/h7-12,15H,2-6H2,1H3. The van der Waals surface area contributed by atoms with Gasteiger partial charge >= 0.3 is 11.9 Å². The number of aliphatic hydroxyl groups is 1. The predicted molar refractivity (Wildman–Crippen MR) is 64.9 cm³/mol. The zero-order valence-corrected chi connectivity index (χ0v) is 11.1. The van der Waals surface area contributed by atoms with E-state index in [1.165, 1.54) is 0 Å². The maximum atomic E-state index is 12.2. The van der Waals surface area contributed by atoms with Gasteiger partial charge in [-0.3, -0.25) is 9.59 Å². The van der Waals surface area contributed by atoms with Gasteiger partial charge in [0.05, 0.1) is 18.4 Å². The lowest BCUT2D eigenvalue weighted by molar-refractivity contribution is -0.156. The third-order valence-corrected chi connectivity index (χ3v) is 4.96. The van der Waals surface area contributed by atoms with Crippen LogP contribution in [0.15, 0.2) is 0 Å². The summed E-state index contributed by atoms with van der Waals surface area (Å²) in [5, 5.41) is 9.16. The molecule has 0 aromatic heterocycles. The van der Waals surface area contributed by atoms with Crippen LogP contribution in [0.2, 0.25) is 0 Å². The lowest BCUT2D eigenvalue weighted by Crippen LogP contribution is -2.38. The molecule has 0 aromatic carbocycles. The normalized spacial score (nSPS) is 42.5. The fourth-order valence-corrected chi connectivity index (χ4v) is 4.34. The van der Waals surface area contributed by atoms with E-state index < -0.39 is 0 Å². The smallest absolute Gasteiger partial charge is 0.310 e. The van der Waals surface area contributed by atoms with Crippen LogP contribution in [0.5, 0.6) is 0 Å². The van der Waals surface area contributed by atoms with Crippen LogP contribution >= 0.6 is 0 Å². The topological polar surface area (TPSA) is 72.8 Å². The second-order valence-corrected chi connectivity index (χ2v) is 5.86. The Morgan fingerprint density at radius 2 is 2.26 bits per heavy atom. The molecule has 2 saturated carbocycles. The third-order valence-electron chi connectivity index (χ3n) is 4.96. The second kappa shape index (κ2) is 4.78. The number of aliphatic hydroxyl groups excluding tert-OH is 1. The van der Waals surface area contributed by atoms with Crippen LogP contribution in [0.4, 0.5) is 0 Å². The first kappa shape index (κ1) is 12.9. The number of hydrogen-bond donors (Lipinski definition) is 1. The van der Waals surface area contributed by atoms with Gasteiger partial charge in [-0.15, -0.1) is 0 Å². The molecule has 5 heteroatoms. The molecular weight excluding hydrogens is 248 g/mol. The van der Waals surface area contributed by atoms with Gasteiger partial charge in [0.25, 0.3) is 0 Å². The van der Waals surface area contributed by atoms with Crippen molar-refractivity contribution < 1.29 is 24.2 Å². The molecule has 0 radical (unpaired) electrons. The summed E-state index contributed by atoms with van der Waals surface area (Å²) < 4.78 is 10.7. The van der Waals surface area contributed by atoms with Crippen LogP contribution in [0.1, 0.15) is 26.2 Å². The van der Waals surface area contributed by atoms with Gasteiger partial charge in [0.15, 0.2) is 0 Å². The number of hydrogen-bond acceptors (Lipinski definition) is 5. The Morgan fingerprint density at radius 1 is 1.47 bits per heavy atom. The van der Waals surface area contributed by atoms with Crippen LogP contribution in [-0.2, 0) is 19.1 Å². The average Bonchev–Trinajstić information content (AvgIpc) is 2.99. The van der Waals surface area contributed by atoms with Crippen molar-refractivity contribution in [2.75, 3.05) is 13.2 Å². The predicted octanol–water partition coefficient (Wildman–Crippen LogP) is 0.746. The summed E-state index contributed by atoms with van der Waals surface area (Å²) >= 11 is 0. The quantitative estimate of drug-likeness (QED) is 0.745. The molecule has 5 nitrogen and oxygen atoms in total. The Balaban J connectivity index is 1.81. The highest BCUT2D eigenvalue weighted by Crippen LogP contribution is 2.61. The molecule has 106 valence electrons. The number of ether oxygens (including phenoxy) is 2. The Kier molecular flexibility index (Phi) is 3.25. The molecule has 3 rings (SSSR count). The van der Waals surface area contributed by atoms with Gasteiger partial charge in [-0.1, -0.05) is 6.92 Å². The highest BCUT2D eigenvalue weighted by Gasteiger charge is 2.68. The molecule has 19 heavy (non-hydrogen) atoms. The van der Waals surface area contributed by atoms with Crippen LogP contribution in [0, 0.1) is 29.6 Å². The zero-order valence-electron chi connectivity index (χ0n) is 11.1. The number of carbonyl (C=O) groups excluding carboxylic acids is 2. The first-order valence-corrected chi connectivity index (χ1v) is 7.17. The minimum Gasteiger partial charge on any atom is -0.465 e. The summed E-state index contributed by atoms with van der Waals surface area (Å²) in [5.74, 6) is -0.710. The van der Waals surface area contributed by atoms with E-state index in [0.717, 1.165) is 12.8 Å². The Morgan fingerprint density at radius 3 is 2.95 bits per heavy atom. The summed E-state index contributed by atoms with van der Waals surface area (Å²) in [4.78, 5) is 24.1. The van der Waals surface area contributed by atoms with Crippen molar-refractivity contribution in [3.05, 3.63) is 0 Å². The highest BCUT2D eigenvalue weighted by atomic mass is 16.6. The summed E-state index contributed by atoms with van der Waals surface area (Å²) in [6.45, 7) is 2.43. The molecule has 1 heterocycles. The van der Waals surface area contributed by atoms with E-state index in [4.69, 9.17) is 14.6 Å². The van der Waals surface area contributed by atoms with E-state index in [0.29, 0.717) is 13.0 Å². The van der Waals surface area contributed by atoms with E-state index in [1.807, 2.05) is 6.92 Å². The number of rotatable bonds is 5. The Labute approximate surface area is 112 Å². The van der Waals surface area contributed by atoms with Crippen molar-refractivity contribution in [3.63, 3.8) is 0 Å². The molecule has 0 aromatic rings. The first-order chi connectivity index (χ1) is 9.19. The minimum absolute atomic E-state index is 0.0727. The molecule has 3 fully saturated rings. The molecule has 1 aliphatic heterocycles. The van der Waals surface area contributed by atoms with Crippen LogP contribution in [0.25, 0.3) is 0 Å². The van der Waals surface area contributed by atoms with Crippen LogP contribution in [0.3, 0.4) is 0 Å². The monoisotopic (exact) mass is 268 g/mol. The van der Waals surface area contributed by atoms with Crippen molar-refractivity contribution in [2.24, 2.45) is 29.6 Å². The fourth-order valence-electron chi connectivity index (χ4n) is 4.34. The van der Waals surface area contributed by atoms with Gasteiger partial charge in [-0.2, -0.15) is 0 Å². The van der Waals surface area contributed by atoms with Gasteiger partial charge in [0.1, 0.15) is 6.10 Å². The van der Waals surface area contributed by atoms with Crippen molar-refractivity contribution >= 4 is 11.9 Å². The van der Waals surface area contributed by atoms with Gasteiger partial charge < -0.3 is 14.6 Å². The molecule has 3 aliphatic rings. The lowest BCUT2D eigenvalue weighted by atomic mass is 9.73. The maximum Gasteiger partial charge on any atom is 0.310 e. The van der Waals surface area contributed by atoms with Crippen molar-refractivity contribution in [2.45, 2.75) is 32.3 Å². The van der Waals surface area contributed by atoms with Gasteiger partial charge in [-0.25, -0.2) is 0 Å². The van der Waals surface area contributed by atoms with E-state index in [-0.39, 0.29) is 54.2 Å². The minimum atomic E-state index is -0.348. The Hall–Kier alpha value is -1.10. The van der Waals surface area contributed by atoms with Crippen molar-refractivity contribution in [3.8, 4) is 0 Å². The van der Waals surface area contributed by atoms with Crippen LogP contribution < -0.4 is 0 Å². The molecule has 2 aliphatic carbocycles. The third kappa shape index (κ3) is 1.78. The van der Waals surface area contributed by atoms with E-state index >= 15 is 0 Å². The SMILES string of the molecule is CCCOC(=O)C1C2CC3C(OC(=O)C31)C2CCO. The van der Waals surface area contributed by atoms with E-state index in [9.17, 15) is 9.59 Å². The molecule has 0 amide bonds. The van der Waals surface area contributed by atoms with E-state index in [1.54, 1.807) is 0 Å². The Bertz CT molecular complexity index is 393. The number of fused-ring (bicyclic) bond motifs is 1.